The summed E-state index contributed by atoms with van der Waals surface area (Å²) < 4.78 is 5.12. The molecular weight excluding hydrogens is 172 g/mol. The Labute approximate surface area is 74.9 Å². The minimum atomic E-state index is -0.135. The van der Waals surface area contributed by atoms with E-state index in [1.54, 1.807) is 4.90 Å². The topological polar surface area (TPSA) is 71.1 Å². The van der Waals surface area contributed by atoms with Gasteiger partial charge in [0.15, 0.2) is 0 Å². The van der Waals surface area contributed by atoms with Gasteiger partial charge in [0, 0.05) is 13.1 Å². The van der Waals surface area contributed by atoms with Crippen LogP contribution in [0.15, 0.2) is 6.33 Å². The van der Waals surface area contributed by atoms with Crippen molar-refractivity contribution in [3.8, 4) is 0 Å². The molecule has 1 N–H and O–H groups in total. The summed E-state index contributed by atoms with van der Waals surface area (Å²) in [5.74, 6) is 0.0893. The standard InChI is InChI=1S/C7H10N4O2/c12-7(6-8-5-9-10-6)11-1-3-13-4-2-11/h5H,1-4H2,(H,8,9,10). The second kappa shape index (κ2) is 3.53. The maximum absolute atomic E-state index is 11.6. The van der Waals surface area contributed by atoms with Crippen LogP contribution in [0.25, 0.3) is 0 Å². The molecule has 70 valence electrons. The molecule has 1 aromatic rings. The van der Waals surface area contributed by atoms with Gasteiger partial charge >= 0.3 is 0 Å². The molecule has 6 heteroatoms. The van der Waals surface area contributed by atoms with Gasteiger partial charge in [0.1, 0.15) is 6.33 Å². The largest absolute Gasteiger partial charge is 0.378 e. The van der Waals surface area contributed by atoms with Crippen molar-refractivity contribution in [2.75, 3.05) is 26.3 Å². The quantitative estimate of drug-likeness (QED) is 0.622. The first-order valence-electron chi connectivity index (χ1n) is 4.11. The number of nitrogens with one attached hydrogen (secondary N) is 1. The average molecular weight is 182 g/mol. The minimum absolute atomic E-state index is 0.135. The van der Waals surface area contributed by atoms with E-state index in [2.05, 4.69) is 15.2 Å². The summed E-state index contributed by atoms with van der Waals surface area (Å²) in [4.78, 5) is 17.1. The molecule has 6 nitrogen and oxygen atoms in total. The Balaban J connectivity index is 2.04. The second-order valence-corrected chi connectivity index (χ2v) is 2.73. The van der Waals surface area contributed by atoms with Crippen molar-refractivity contribution in [1.82, 2.24) is 20.1 Å². The lowest BCUT2D eigenvalue weighted by atomic mass is 10.4. The van der Waals surface area contributed by atoms with E-state index in [0.29, 0.717) is 26.3 Å². The van der Waals surface area contributed by atoms with E-state index in [0.717, 1.165) is 0 Å². The predicted octanol–water partition coefficient (Wildman–Crippen LogP) is -0.723. The number of carbonyl (C=O) groups is 1. The van der Waals surface area contributed by atoms with Crippen LogP contribution in [-0.4, -0.2) is 52.3 Å². The van der Waals surface area contributed by atoms with Gasteiger partial charge in [-0.1, -0.05) is 0 Å². The maximum Gasteiger partial charge on any atom is 0.293 e. The van der Waals surface area contributed by atoms with Crippen molar-refractivity contribution < 1.29 is 9.53 Å². The molecule has 2 rings (SSSR count). The zero-order valence-electron chi connectivity index (χ0n) is 7.06. The lowest BCUT2D eigenvalue weighted by molar-refractivity contribution is 0.0295. The van der Waals surface area contributed by atoms with Gasteiger partial charge in [0.05, 0.1) is 13.2 Å². The molecule has 0 aromatic carbocycles. The Kier molecular flexibility index (Phi) is 2.22. The Bertz CT molecular complexity index is 279. The van der Waals surface area contributed by atoms with Crippen molar-refractivity contribution in [3.05, 3.63) is 12.2 Å². The monoisotopic (exact) mass is 182 g/mol. The Hall–Kier alpha value is -1.43. The fraction of sp³-hybridized carbons (Fsp3) is 0.571. The number of nitrogens with zero attached hydrogens (tertiary/aromatic N) is 3. The van der Waals surface area contributed by atoms with E-state index in [1.165, 1.54) is 6.33 Å². The number of carbonyl (C=O) groups excluding carboxylic acids is 1. The Morgan fingerprint density at radius 3 is 2.92 bits per heavy atom. The summed E-state index contributed by atoms with van der Waals surface area (Å²) in [7, 11) is 0. The van der Waals surface area contributed by atoms with Crippen LogP contribution >= 0.6 is 0 Å². The molecular formula is C7H10N4O2. The molecule has 0 aliphatic carbocycles. The number of H-pyrrole nitrogens is 1. The van der Waals surface area contributed by atoms with Crippen LogP contribution in [0.4, 0.5) is 0 Å². The normalized spacial score (nSPS) is 17.4. The molecule has 0 bridgehead atoms. The summed E-state index contributed by atoms with van der Waals surface area (Å²) in [5.41, 5.74) is 0. The van der Waals surface area contributed by atoms with Crippen LogP contribution in [0.2, 0.25) is 0 Å². The van der Waals surface area contributed by atoms with E-state index in [-0.39, 0.29) is 11.7 Å². The average Bonchev–Trinajstić information content (AvgIpc) is 2.71. The second-order valence-electron chi connectivity index (χ2n) is 2.73. The highest BCUT2D eigenvalue weighted by Crippen LogP contribution is 2.01. The lowest BCUT2D eigenvalue weighted by Crippen LogP contribution is -2.41. The smallest absolute Gasteiger partial charge is 0.293 e. The van der Waals surface area contributed by atoms with Gasteiger partial charge in [-0.15, -0.1) is 5.10 Å². The van der Waals surface area contributed by atoms with Crippen LogP contribution in [0.3, 0.4) is 0 Å². The third-order valence-corrected chi connectivity index (χ3v) is 1.90. The molecule has 1 aliphatic heterocycles. The highest BCUT2D eigenvalue weighted by molar-refractivity contribution is 5.90. The van der Waals surface area contributed by atoms with E-state index < -0.39 is 0 Å². The summed E-state index contributed by atoms with van der Waals surface area (Å²) in [6, 6.07) is 0. The van der Waals surface area contributed by atoms with Crippen LogP contribution < -0.4 is 0 Å². The maximum atomic E-state index is 11.6. The molecule has 1 fully saturated rings. The zero-order chi connectivity index (χ0) is 9.10. The summed E-state index contributed by atoms with van der Waals surface area (Å²) >= 11 is 0. The highest BCUT2D eigenvalue weighted by atomic mass is 16.5. The molecule has 0 radical (unpaired) electrons. The van der Waals surface area contributed by atoms with E-state index in [9.17, 15) is 4.79 Å². The van der Waals surface area contributed by atoms with Gasteiger partial charge in [-0.05, 0) is 0 Å². The highest BCUT2D eigenvalue weighted by Gasteiger charge is 2.20. The van der Waals surface area contributed by atoms with Gasteiger partial charge < -0.3 is 9.64 Å². The number of aromatic nitrogens is 3. The van der Waals surface area contributed by atoms with Gasteiger partial charge in [0.2, 0.25) is 5.82 Å². The van der Waals surface area contributed by atoms with E-state index in [1.807, 2.05) is 0 Å². The molecule has 1 aromatic heterocycles. The van der Waals surface area contributed by atoms with Gasteiger partial charge in [-0.25, -0.2) is 4.98 Å². The summed E-state index contributed by atoms with van der Waals surface area (Å²) in [5, 5.41) is 6.23. The number of hydrogen-bond acceptors (Lipinski definition) is 4. The molecule has 1 amide bonds. The number of rotatable bonds is 1. The third kappa shape index (κ3) is 1.67. The number of hydrogen-bond donors (Lipinski definition) is 1. The number of ether oxygens (including phenoxy) is 1. The molecule has 0 unspecified atom stereocenters. The number of aromatic amines is 1. The van der Waals surface area contributed by atoms with Crippen molar-refractivity contribution in [3.63, 3.8) is 0 Å². The first-order chi connectivity index (χ1) is 6.38. The molecule has 1 saturated heterocycles. The molecule has 2 heterocycles. The van der Waals surface area contributed by atoms with Gasteiger partial charge in [-0.3, -0.25) is 9.89 Å². The van der Waals surface area contributed by atoms with Crippen molar-refractivity contribution in [1.29, 1.82) is 0 Å². The van der Waals surface area contributed by atoms with Crippen molar-refractivity contribution >= 4 is 5.91 Å². The van der Waals surface area contributed by atoms with E-state index >= 15 is 0 Å². The third-order valence-electron chi connectivity index (χ3n) is 1.90. The predicted molar refractivity (Wildman–Crippen MR) is 43.1 cm³/mol. The van der Waals surface area contributed by atoms with E-state index in [4.69, 9.17) is 4.74 Å². The molecule has 13 heavy (non-hydrogen) atoms. The van der Waals surface area contributed by atoms with Crippen LogP contribution in [0.5, 0.6) is 0 Å². The minimum Gasteiger partial charge on any atom is -0.378 e. The molecule has 0 saturated carbocycles. The summed E-state index contributed by atoms with van der Waals surface area (Å²) in [6.45, 7) is 2.42. The van der Waals surface area contributed by atoms with Gasteiger partial charge in [-0.2, -0.15) is 0 Å². The van der Waals surface area contributed by atoms with Crippen molar-refractivity contribution in [2.24, 2.45) is 0 Å². The number of amides is 1. The first kappa shape index (κ1) is 8.18. The number of morpholine rings is 1. The van der Waals surface area contributed by atoms with Crippen LogP contribution in [-0.2, 0) is 4.74 Å². The SMILES string of the molecule is O=C(c1nc[nH]n1)N1CCOCC1. The Morgan fingerprint density at radius 2 is 2.31 bits per heavy atom. The first-order valence-corrected chi connectivity index (χ1v) is 4.11. The van der Waals surface area contributed by atoms with Crippen LogP contribution in [0, 0.1) is 0 Å². The van der Waals surface area contributed by atoms with Crippen LogP contribution in [0.1, 0.15) is 10.6 Å². The van der Waals surface area contributed by atoms with Crippen molar-refractivity contribution in [2.45, 2.75) is 0 Å². The fourth-order valence-electron chi connectivity index (χ4n) is 1.22. The van der Waals surface area contributed by atoms with Gasteiger partial charge in [0.25, 0.3) is 5.91 Å². The molecule has 0 spiro atoms. The fourth-order valence-corrected chi connectivity index (χ4v) is 1.22. The molecule has 0 atom stereocenters. The lowest BCUT2D eigenvalue weighted by Gasteiger charge is -2.25. The zero-order valence-corrected chi connectivity index (χ0v) is 7.06. The Morgan fingerprint density at radius 1 is 1.54 bits per heavy atom. The molecule has 1 aliphatic rings. The summed E-state index contributed by atoms with van der Waals surface area (Å²) in [6.07, 6.45) is 1.40.